The molecule has 1 aromatic rings. The van der Waals surface area contributed by atoms with E-state index in [0.29, 0.717) is 18.9 Å². The molecule has 5 nitrogen and oxygen atoms in total. The van der Waals surface area contributed by atoms with Crippen LogP contribution in [0.2, 0.25) is 0 Å². The summed E-state index contributed by atoms with van der Waals surface area (Å²) in [6.07, 6.45) is 0. The molecular weight excluding hydrogens is 314 g/mol. The molecule has 0 radical (unpaired) electrons. The lowest BCUT2D eigenvalue weighted by Crippen LogP contribution is -2.32. The van der Waals surface area contributed by atoms with Crippen LogP contribution < -0.4 is 10.1 Å². The Morgan fingerprint density at radius 3 is 2.43 bits per heavy atom. The lowest BCUT2D eigenvalue weighted by atomic mass is 9.97. The van der Waals surface area contributed by atoms with Gasteiger partial charge in [0.05, 0.1) is 17.1 Å². The van der Waals surface area contributed by atoms with Gasteiger partial charge in [-0.2, -0.15) is 0 Å². The number of halogens is 1. The Kier molecular flexibility index (Phi) is 5.64. The standard InChI is InChI=1S/C14H20ClNO4S/c1-5-20-12-7-6-10(21(15,18)19)8-11(12)13(17)16-9-14(2,3)4/h6-8H,5,9H2,1-4H3,(H,16,17). The number of carbonyl (C=O) groups is 1. The molecule has 118 valence electrons. The van der Waals surface area contributed by atoms with Crippen LogP contribution >= 0.6 is 10.7 Å². The first-order valence-corrected chi connectivity index (χ1v) is 8.85. The van der Waals surface area contributed by atoms with Crippen molar-refractivity contribution in [3.8, 4) is 5.75 Å². The highest BCUT2D eigenvalue weighted by Gasteiger charge is 2.20. The van der Waals surface area contributed by atoms with Crippen LogP contribution in [-0.4, -0.2) is 27.5 Å². The normalized spacial score (nSPS) is 12.0. The van der Waals surface area contributed by atoms with Gasteiger partial charge in [-0.25, -0.2) is 8.42 Å². The predicted molar refractivity (Wildman–Crippen MR) is 82.4 cm³/mol. The van der Waals surface area contributed by atoms with Crippen molar-refractivity contribution in [2.45, 2.75) is 32.6 Å². The molecule has 0 heterocycles. The summed E-state index contributed by atoms with van der Waals surface area (Å²) in [4.78, 5) is 12.1. The topological polar surface area (TPSA) is 72.5 Å². The van der Waals surface area contributed by atoms with Crippen LogP contribution in [0.5, 0.6) is 5.75 Å². The highest BCUT2D eigenvalue weighted by molar-refractivity contribution is 8.13. The Bertz CT molecular complexity index is 620. The quantitative estimate of drug-likeness (QED) is 0.841. The van der Waals surface area contributed by atoms with Crippen molar-refractivity contribution in [1.29, 1.82) is 0 Å². The van der Waals surface area contributed by atoms with Gasteiger partial charge in [-0.1, -0.05) is 20.8 Å². The van der Waals surface area contributed by atoms with Crippen LogP contribution in [-0.2, 0) is 9.05 Å². The minimum absolute atomic E-state index is 0.0857. The number of benzene rings is 1. The molecular formula is C14H20ClNO4S. The summed E-state index contributed by atoms with van der Waals surface area (Å²) in [6.45, 7) is 8.55. The lowest BCUT2D eigenvalue weighted by molar-refractivity contribution is 0.0935. The van der Waals surface area contributed by atoms with Crippen molar-refractivity contribution < 1.29 is 17.9 Å². The smallest absolute Gasteiger partial charge is 0.261 e. The molecule has 1 amide bonds. The monoisotopic (exact) mass is 333 g/mol. The third-order valence-electron chi connectivity index (χ3n) is 2.56. The third-order valence-corrected chi connectivity index (χ3v) is 3.91. The molecule has 0 saturated heterocycles. The van der Waals surface area contributed by atoms with Gasteiger partial charge < -0.3 is 10.1 Å². The highest BCUT2D eigenvalue weighted by atomic mass is 35.7. The van der Waals surface area contributed by atoms with E-state index < -0.39 is 15.0 Å². The number of rotatable bonds is 5. The molecule has 0 bridgehead atoms. The minimum Gasteiger partial charge on any atom is -0.493 e. The zero-order chi connectivity index (χ0) is 16.3. The van der Waals surface area contributed by atoms with E-state index in [1.54, 1.807) is 6.92 Å². The van der Waals surface area contributed by atoms with Crippen LogP contribution in [0.15, 0.2) is 23.1 Å². The Balaban J connectivity index is 3.14. The summed E-state index contributed by atoms with van der Waals surface area (Å²) in [7, 11) is 1.42. The molecule has 21 heavy (non-hydrogen) atoms. The third kappa shape index (κ3) is 5.55. The molecule has 0 aliphatic carbocycles. The summed E-state index contributed by atoms with van der Waals surface area (Å²) in [5, 5.41) is 2.76. The number of ether oxygens (including phenoxy) is 1. The van der Waals surface area contributed by atoms with Crippen LogP contribution in [0.3, 0.4) is 0 Å². The van der Waals surface area contributed by atoms with Gasteiger partial charge >= 0.3 is 0 Å². The molecule has 0 saturated carbocycles. The Labute approximate surface area is 130 Å². The average Bonchev–Trinajstić information content (AvgIpc) is 2.34. The van der Waals surface area contributed by atoms with Crippen molar-refractivity contribution in [1.82, 2.24) is 5.32 Å². The van der Waals surface area contributed by atoms with Gasteiger partial charge in [0.25, 0.3) is 15.0 Å². The second-order valence-corrected chi connectivity index (χ2v) is 8.34. The van der Waals surface area contributed by atoms with E-state index in [2.05, 4.69) is 5.32 Å². The van der Waals surface area contributed by atoms with Gasteiger partial charge in [-0.05, 0) is 30.5 Å². The lowest BCUT2D eigenvalue weighted by Gasteiger charge is -2.19. The fraction of sp³-hybridized carbons (Fsp3) is 0.500. The van der Waals surface area contributed by atoms with E-state index >= 15 is 0 Å². The van der Waals surface area contributed by atoms with E-state index in [9.17, 15) is 13.2 Å². The van der Waals surface area contributed by atoms with Crippen molar-refractivity contribution in [3.05, 3.63) is 23.8 Å². The van der Waals surface area contributed by atoms with Crippen LogP contribution in [0, 0.1) is 5.41 Å². The molecule has 7 heteroatoms. The predicted octanol–water partition coefficient (Wildman–Crippen LogP) is 2.79. The first-order chi connectivity index (χ1) is 9.54. The second kappa shape index (κ2) is 6.66. The molecule has 1 rings (SSSR count). The SMILES string of the molecule is CCOc1ccc(S(=O)(=O)Cl)cc1C(=O)NCC(C)(C)C. The zero-order valence-electron chi connectivity index (χ0n) is 12.6. The van der Waals surface area contributed by atoms with E-state index in [4.69, 9.17) is 15.4 Å². The summed E-state index contributed by atoms with van der Waals surface area (Å²) in [5.41, 5.74) is 0.0697. The van der Waals surface area contributed by atoms with E-state index in [0.717, 1.165) is 0 Å². The molecule has 0 aliphatic rings. The number of carbonyl (C=O) groups excluding carboxylic acids is 1. The number of hydrogen-bond donors (Lipinski definition) is 1. The summed E-state index contributed by atoms with van der Waals surface area (Å²) < 4.78 is 28.1. The van der Waals surface area contributed by atoms with Crippen molar-refractivity contribution in [3.63, 3.8) is 0 Å². The maximum atomic E-state index is 12.2. The van der Waals surface area contributed by atoms with Gasteiger partial charge in [0.2, 0.25) is 0 Å². The first-order valence-electron chi connectivity index (χ1n) is 6.54. The van der Waals surface area contributed by atoms with Gasteiger partial charge in [0.1, 0.15) is 5.75 Å². The van der Waals surface area contributed by atoms with E-state index in [1.165, 1.54) is 18.2 Å². The number of amides is 1. The average molecular weight is 334 g/mol. The van der Waals surface area contributed by atoms with Crippen LogP contribution in [0.1, 0.15) is 38.1 Å². The van der Waals surface area contributed by atoms with Gasteiger partial charge in [0, 0.05) is 17.2 Å². The van der Waals surface area contributed by atoms with Crippen molar-refractivity contribution in [2.75, 3.05) is 13.2 Å². The van der Waals surface area contributed by atoms with Gasteiger partial charge in [-0.3, -0.25) is 4.79 Å². The molecule has 0 aliphatic heterocycles. The summed E-state index contributed by atoms with van der Waals surface area (Å²) >= 11 is 0. The molecule has 1 N–H and O–H groups in total. The van der Waals surface area contributed by atoms with E-state index in [1.807, 2.05) is 20.8 Å². The minimum atomic E-state index is -3.90. The summed E-state index contributed by atoms with van der Waals surface area (Å²) in [5.74, 6) is -0.0662. The second-order valence-electron chi connectivity index (χ2n) is 5.77. The van der Waals surface area contributed by atoms with E-state index in [-0.39, 0.29) is 15.9 Å². The number of hydrogen-bond acceptors (Lipinski definition) is 4. The van der Waals surface area contributed by atoms with Crippen LogP contribution in [0.4, 0.5) is 0 Å². The Morgan fingerprint density at radius 2 is 1.95 bits per heavy atom. The Morgan fingerprint density at radius 1 is 1.33 bits per heavy atom. The molecule has 0 atom stereocenters. The summed E-state index contributed by atoms with van der Waals surface area (Å²) in [6, 6.07) is 3.98. The molecule has 0 fully saturated rings. The van der Waals surface area contributed by atoms with Gasteiger partial charge in [0.15, 0.2) is 0 Å². The first kappa shape index (κ1) is 17.8. The van der Waals surface area contributed by atoms with Crippen molar-refractivity contribution in [2.24, 2.45) is 5.41 Å². The highest BCUT2D eigenvalue weighted by Crippen LogP contribution is 2.25. The molecule has 0 spiro atoms. The van der Waals surface area contributed by atoms with Gasteiger partial charge in [-0.15, -0.1) is 0 Å². The largest absolute Gasteiger partial charge is 0.493 e. The fourth-order valence-corrected chi connectivity index (χ4v) is 2.34. The number of nitrogens with one attached hydrogen (secondary N) is 1. The van der Waals surface area contributed by atoms with Crippen molar-refractivity contribution >= 4 is 25.6 Å². The zero-order valence-corrected chi connectivity index (χ0v) is 14.1. The maximum Gasteiger partial charge on any atom is 0.261 e. The molecule has 0 aromatic heterocycles. The van der Waals surface area contributed by atoms with Crippen LogP contribution in [0.25, 0.3) is 0 Å². The Hall–Kier alpha value is -1.27. The molecule has 1 aromatic carbocycles. The maximum absolute atomic E-state index is 12.2. The molecule has 0 unspecified atom stereocenters. The fourth-order valence-electron chi connectivity index (χ4n) is 1.56.